The van der Waals surface area contributed by atoms with Crippen molar-refractivity contribution in [3.63, 3.8) is 0 Å². The second-order valence-electron chi connectivity index (χ2n) is 8.15. The summed E-state index contributed by atoms with van der Waals surface area (Å²) in [6.07, 6.45) is 2.09. The zero-order valence-corrected chi connectivity index (χ0v) is 20.1. The Labute approximate surface area is 203 Å². The number of hydrogen-bond acceptors (Lipinski definition) is 7. The van der Waals surface area contributed by atoms with Crippen molar-refractivity contribution >= 4 is 22.9 Å². The fraction of sp³-hybridized carbons (Fsp3) is 0.320. The van der Waals surface area contributed by atoms with E-state index in [1.165, 1.54) is 0 Å². The van der Waals surface area contributed by atoms with Crippen LogP contribution in [0.15, 0.2) is 52.7 Å². The van der Waals surface area contributed by atoms with Gasteiger partial charge in [-0.25, -0.2) is 0 Å². The van der Waals surface area contributed by atoms with E-state index in [-0.39, 0.29) is 12.8 Å². The number of aromatic nitrogens is 2. The van der Waals surface area contributed by atoms with Gasteiger partial charge in [-0.05, 0) is 61.5 Å². The third-order valence-corrected chi connectivity index (χ3v) is 6.41. The molecule has 176 valence electrons. The van der Waals surface area contributed by atoms with Gasteiger partial charge < -0.3 is 29.0 Å². The van der Waals surface area contributed by atoms with Crippen LogP contribution < -0.4 is 19.5 Å². The van der Waals surface area contributed by atoms with Gasteiger partial charge in [-0.15, -0.1) is 0 Å². The lowest BCUT2D eigenvalue weighted by Gasteiger charge is -2.37. The topological polar surface area (TPSA) is 81.9 Å². The smallest absolute Gasteiger partial charge is 0.258 e. The predicted octanol–water partition coefficient (Wildman–Crippen LogP) is 4.94. The average molecular weight is 479 g/mol. The molecular weight excluding hydrogens is 452 g/mol. The quantitative estimate of drug-likeness (QED) is 0.475. The Kier molecular flexibility index (Phi) is 6.10. The summed E-state index contributed by atoms with van der Waals surface area (Å²) < 4.78 is 22.0. The van der Waals surface area contributed by atoms with Crippen LogP contribution in [0.3, 0.4) is 0 Å². The van der Waals surface area contributed by atoms with Crippen LogP contribution >= 0.6 is 12.2 Å². The van der Waals surface area contributed by atoms with E-state index in [2.05, 4.69) is 29.2 Å². The molecule has 0 bridgehead atoms. The van der Waals surface area contributed by atoms with E-state index in [1.807, 2.05) is 42.5 Å². The van der Waals surface area contributed by atoms with E-state index >= 15 is 0 Å². The maximum absolute atomic E-state index is 5.81. The zero-order valence-electron chi connectivity index (χ0n) is 19.3. The molecule has 1 N–H and O–H groups in total. The first kappa shape index (κ1) is 22.2. The molecule has 8 nitrogen and oxygen atoms in total. The Bertz CT molecular complexity index is 1240. The number of allylic oxidation sites excluding steroid dienone is 1. The van der Waals surface area contributed by atoms with Gasteiger partial charge in [-0.2, -0.15) is 4.98 Å². The first-order chi connectivity index (χ1) is 16.6. The van der Waals surface area contributed by atoms with Gasteiger partial charge in [0.15, 0.2) is 16.6 Å². The Hall–Kier alpha value is -3.59. The number of methoxy groups -OCH3 is 1. The maximum atomic E-state index is 5.81. The lowest BCUT2D eigenvalue weighted by Crippen LogP contribution is -2.46. The standard InChI is InChI=1S/C25H26N4O4S/c1-4-5-12-29-15(2)21(22(26-25(29)34)16-6-9-18(30-3)10-7-16)24-27-23(28-33-24)17-8-11-19-20(13-17)32-14-31-19/h6-11,13,22H,4-5,12,14H2,1-3H3,(H,26,34). The summed E-state index contributed by atoms with van der Waals surface area (Å²) in [5.74, 6) is 3.10. The van der Waals surface area contributed by atoms with E-state index in [0.29, 0.717) is 28.3 Å². The molecule has 0 amide bonds. The highest BCUT2D eigenvalue weighted by molar-refractivity contribution is 7.80. The minimum Gasteiger partial charge on any atom is -0.497 e. The molecule has 1 atom stereocenters. The van der Waals surface area contributed by atoms with E-state index < -0.39 is 0 Å². The maximum Gasteiger partial charge on any atom is 0.258 e. The fourth-order valence-corrected chi connectivity index (χ4v) is 4.52. The van der Waals surface area contributed by atoms with E-state index in [4.69, 9.17) is 35.9 Å². The SMILES string of the molecule is CCCCN1C(=S)NC(c2ccc(OC)cc2)C(c2nc(-c3ccc4c(c3)OCO4)no2)=C1C. The number of ether oxygens (including phenoxy) is 3. The van der Waals surface area contributed by atoms with Gasteiger partial charge >= 0.3 is 0 Å². The highest BCUT2D eigenvalue weighted by Crippen LogP contribution is 2.39. The summed E-state index contributed by atoms with van der Waals surface area (Å²) >= 11 is 5.74. The Morgan fingerprint density at radius 3 is 2.71 bits per heavy atom. The minimum absolute atomic E-state index is 0.213. The highest BCUT2D eigenvalue weighted by Gasteiger charge is 2.34. The van der Waals surface area contributed by atoms with Crippen LogP contribution in [0, 0.1) is 0 Å². The summed E-state index contributed by atoms with van der Waals surface area (Å²) in [4.78, 5) is 6.87. The third-order valence-electron chi connectivity index (χ3n) is 6.07. The first-order valence-electron chi connectivity index (χ1n) is 11.3. The second-order valence-corrected chi connectivity index (χ2v) is 8.54. The van der Waals surface area contributed by atoms with Gasteiger partial charge in [0, 0.05) is 17.8 Å². The molecule has 0 aliphatic carbocycles. The number of nitrogens with one attached hydrogen (secondary N) is 1. The molecule has 0 fully saturated rings. The van der Waals surface area contributed by atoms with Gasteiger partial charge in [-0.1, -0.05) is 30.6 Å². The highest BCUT2D eigenvalue weighted by atomic mass is 32.1. The lowest BCUT2D eigenvalue weighted by atomic mass is 9.94. The summed E-state index contributed by atoms with van der Waals surface area (Å²) in [6.45, 7) is 5.25. The second kappa shape index (κ2) is 9.34. The molecule has 2 aliphatic rings. The Morgan fingerprint density at radius 1 is 1.15 bits per heavy atom. The molecule has 0 radical (unpaired) electrons. The van der Waals surface area contributed by atoms with Crippen LogP contribution in [-0.2, 0) is 0 Å². The molecule has 34 heavy (non-hydrogen) atoms. The van der Waals surface area contributed by atoms with Gasteiger partial charge in [0.05, 0.1) is 18.7 Å². The fourth-order valence-electron chi connectivity index (χ4n) is 4.18. The molecule has 1 aromatic heterocycles. The van der Waals surface area contributed by atoms with Crippen molar-refractivity contribution in [3.05, 3.63) is 59.6 Å². The summed E-state index contributed by atoms with van der Waals surface area (Å²) in [5, 5.41) is 8.44. The molecule has 0 saturated carbocycles. The molecule has 2 aliphatic heterocycles. The number of fused-ring (bicyclic) bond motifs is 1. The molecule has 0 spiro atoms. The average Bonchev–Trinajstić information content (AvgIpc) is 3.53. The predicted molar refractivity (Wildman–Crippen MR) is 132 cm³/mol. The van der Waals surface area contributed by atoms with Crippen LogP contribution in [0.25, 0.3) is 17.0 Å². The third kappa shape index (κ3) is 4.07. The minimum atomic E-state index is -0.235. The van der Waals surface area contributed by atoms with Crippen molar-refractivity contribution in [2.24, 2.45) is 0 Å². The van der Waals surface area contributed by atoms with E-state index in [0.717, 1.165) is 47.5 Å². The van der Waals surface area contributed by atoms with Gasteiger partial charge in [0.1, 0.15) is 5.75 Å². The van der Waals surface area contributed by atoms with Crippen molar-refractivity contribution in [2.45, 2.75) is 32.7 Å². The van der Waals surface area contributed by atoms with Crippen LogP contribution in [0.4, 0.5) is 0 Å². The molecule has 5 rings (SSSR count). The largest absolute Gasteiger partial charge is 0.497 e. The molecule has 9 heteroatoms. The normalized spacial score (nSPS) is 17.2. The lowest BCUT2D eigenvalue weighted by molar-refractivity contribution is 0.174. The molecular formula is C25H26N4O4S. The first-order valence-corrected chi connectivity index (χ1v) is 11.7. The molecule has 2 aromatic carbocycles. The van der Waals surface area contributed by atoms with Crippen molar-refractivity contribution in [2.75, 3.05) is 20.4 Å². The van der Waals surface area contributed by atoms with Gasteiger partial charge in [-0.3, -0.25) is 0 Å². The molecule has 3 heterocycles. The Balaban J connectivity index is 1.55. The number of thiocarbonyl (C=S) groups is 1. The Morgan fingerprint density at radius 2 is 1.94 bits per heavy atom. The monoisotopic (exact) mass is 478 g/mol. The summed E-state index contributed by atoms with van der Waals surface area (Å²) in [7, 11) is 1.65. The molecule has 3 aromatic rings. The van der Waals surface area contributed by atoms with Crippen LogP contribution in [0.2, 0.25) is 0 Å². The van der Waals surface area contributed by atoms with Gasteiger partial charge in [0.25, 0.3) is 5.89 Å². The molecule has 0 saturated heterocycles. The van der Waals surface area contributed by atoms with E-state index in [9.17, 15) is 0 Å². The van der Waals surface area contributed by atoms with Crippen LogP contribution in [0.1, 0.15) is 44.2 Å². The summed E-state index contributed by atoms with van der Waals surface area (Å²) in [6, 6.07) is 13.3. The summed E-state index contributed by atoms with van der Waals surface area (Å²) in [5.41, 5.74) is 3.71. The van der Waals surface area contributed by atoms with Crippen LogP contribution in [-0.4, -0.2) is 40.6 Å². The number of nitrogens with zero attached hydrogens (tertiary/aromatic N) is 3. The number of rotatable bonds is 7. The van der Waals surface area contributed by atoms with Crippen molar-refractivity contribution in [1.29, 1.82) is 0 Å². The van der Waals surface area contributed by atoms with Gasteiger partial charge in [0.2, 0.25) is 12.6 Å². The number of benzene rings is 2. The number of hydrogen-bond donors (Lipinski definition) is 1. The van der Waals surface area contributed by atoms with E-state index in [1.54, 1.807) is 7.11 Å². The molecule has 1 unspecified atom stereocenters. The van der Waals surface area contributed by atoms with Crippen molar-refractivity contribution < 1.29 is 18.7 Å². The van der Waals surface area contributed by atoms with Crippen molar-refractivity contribution in [1.82, 2.24) is 20.4 Å². The van der Waals surface area contributed by atoms with Crippen LogP contribution in [0.5, 0.6) is 17.2 Å². The zero-order chi connectivity index (χ0) is 23.7. The van der Waals surface area contributed by atoms with Crippen molar-refractivity contribution in [3.8, 4) is 28.6 Å². The number of unbranched alkanes of at least 4 members (excludes halogenated alkanes) is 1.